The van der Waals surface area contributed by atoms with Crippen LogP contribution in [0, 0.1) is 0 Å². The molecule has 0 aliphatic carbocycles. The van der Waals surface area contributed by atoms with E-state index in [0.29, 0.717) is 10.9 Å². The van der Waals surface area contributed by atoms with Gasteiger partial charge in [0.15, 0.2) is 0 Å². The summed E-state index contributed by atoms with van der Waals surface area (Å²) >= 11 is 3.30. The van der Waals surface area contributed by atoms with E-state index < -0.39 is 11.5 Å². The number of pyridine rings is 2. The predicted octanol–water partition coefficient (Wildman–Crippen LogP) is 2.32. The molecule has 1 amide bonds. The molecular weight excluding hydrogens is 362 g/mol. The van der Waals surface area contributed by atoms with Crippen molar-refractivity contribution in [3.63, 3.8) is 0 Å². The third-order valence-corrected chi connectivity index (χ3v) is 3.84. The third kappa shape index (κ3) is 3.09. The lowest BCUT2D eigenvalue weighted by Crippen LogP contribution is -2.29. The summed E-state index contributed by atoms with van der Waals surface area (Å²) in [6.07, 6.45) is 3.24. The number of benzene rings is 1. The van der Waals surface area contributed by atoms with Gasteiger partial charge in [-0.1, -0.05) is 22.0 Å². The van der Waals surface area contributed by atoms with Crippen molar-refractivity contribution in [2.45, 2.75) is 6.54 Å². The Morgan fingerprint density at radius 2 is 2.17 bits per heavy atom. The highest BCUT2D eigenvalue weighted by Gasteiger charge is 2.19. The zero-order valence-electron chi connectivity index (χ0n) is 11.8. The number of halogens is 1. The van der Waals surface area contributed by atoms with Gasteiger partial charge in [0.25, 0.3) is 11.5 Å². The van der Waals surface area contributed by atoms with Crippen LogP contribution in [0.1, 0.15) is 15.9 Å². The number of H-pyrrole nitrogens is 1. The summed E-state index contributed by atoms with van der Waals surface area (Å²) in [6.45, 7) is 0.210. The molecule has 3 N–H and O–H groups in total. The third-order valence-electron chi connectivity index (χ3n) is 3.35. The van der Waals surface area contributed by atoms with Gasteiger partial charge in [0.05, 0.1) is 5.52 Å². The van der Waals surface area contributed by atoms with E-state index in [1.807, 2.05) is 0 Å². The van der Waals surface area contributed by atoms with E-state index in [4.69, 9.17) is 0 Å². The smallest absolute Gasteiger partial charge is 0.265 e. The van der Waals surface area contributed by atoms with Crippen LogP contribution in [0.3, 0.4) is 0 Å². The molecule has 0 aliphatic rings. The van der Waals surface area contributed by atoms with Crippen molar-refractivity contribution in [2.75, 3.05) is 0 Å². The second kappa shape index (κ2) is 6.21. The van der Waals surface area contributed by atoms with Gasteiger partial charge in [-0.25, -0.2) is 0 Å². The van der Waals surface area contributed by atoms with Crippen LogP contribution in [0.15, 0.2) is 52.0 Å². The largest absolute Gasteiger partial charge is 0.506 e. The molecule has 0 saturated carbocycles. The number of nitrogens with zero attached hydrogens (tertiary/aromatic N) is 1. The first kappa shape index (κ1) is 15.2. The molecule has 1 aromatic carbocycles. The van der Waals surface area contributed by atoms with Crippen LogP contribution in [0.4, 0.5) is 0 Å². The maximum Gasteiger partial charge on any atom is 0.265 e. The molecule has 116 valence electrons. The van der Waals surface area contributed by atoms with Crippen LogP contribution in [-0.2, 0) is 6.54 Å². The minimum atomic E-state index is -0.644. The summed E-state index contributed by atoms with van der Waals surface area (Å²) in [4.78, 5) is 30.9. The van der Waals surface area contributed by atoms with Crippen molar-refractivity contribution in [1.82, 2.24) is 15.3 Å². The summed E-state index contributed by atoms with van der Waals surface area (Å²) in [5.41, 5.74) is 0.306. The normalized spacial score (nSPS) is 10.7. The summed E-state index contributed by atoms with van der Waals surface area (Å²) < 4.78 is 0.731. The SMILES string of the molecule is O=C(NCc1cccnc1)c1c(O)c2cc(Br)ccc2[nH]c1=O. The van der Waals surface area contributed by atoms with Gasteiger partial charge in [-0.2, -0.15) is 0 Å². The number of hydrogen-bond acceptors (Lipinski definition) is 4. The number of fused-ring (bicyclic) bond motifs is 1. The quantitative estimate of drug-likeness (QED) is 0.656. The molecule has 0 bridgehead atoms. The maximum absolute atomic E-state index is 12.3. The molecule has 6 nitrogen and oxygen atoms in total. The maximum atomic E-state index is 12.3. The Morgan fingerprint density at radius 3 is 2.91 bits per heavy atom. The predicted molar refractivity (Wildman–Crippen MR) is 89.3 cm³/mol. The van der Waals surface area contributed by atoms with Gasteiger partial charge >= 0.3 is 0 Å². The van der Waals surface area contributed by atoms with E-state index in [0.717, 1.165) is 10.0 Å². The Kier molecular flexibility index (Phi) is 4.12. The average Bonchev–Trinajstić information content (AvgIpc) is 2.55. The lowest BCUT2D eigenvalue weighted by molar-refractivity contribution is 0.0947. The molecule has 0 unspecified atom stereocenters. The monoisotopic (exact) mass is 373 g/mol. The number of aromatic hydroxyl groups is 1. The second-order valence-corrected chi connectivity index (χ2v) is 5.83. The van der Waals surface area contributed by atoms with E-state index in [-0.39, 0.29) is 17.9 Å². The first-order valence-electron chi connectivity index (χ1n) is 6.78. The highest BCUT2D eigenvalue weighted by Crippen LogP contribution is 2.27. The number of aromatic amines is 1. The topological polar surface area (TPSA) is 95.1 Å². The fourth-order valence-electron chi connectivity index (χ4n) is 2.23. The first-order valence-corrected chi connectivity index (χ1v) is 7.57. The number of carbonyl (C=O) groups is 1. The van der Waals surface area contributed by atoms with Crippen LogP contribution in [0.25, 0.3) is 10.9 Å². The average molecular weight is 374 g/mol. The number of aromatic nitrogens is 2. The molecular formula is C16H12BrN3O3. The van der Waals surface area contributed by atoms with Crippen molar-refractivity contribution in [1.29, 1.82) is 0 Å². The molecule has 0 saturated heterocycles. The Bertz CT molecular complexity index is 938. The van der Waals surface area contributed by atoms with E-state index in [9.17, 15) is 14.7 Å². The van der Waals surface area contributed by atoms with E-state index in [1.54, 1.807) is 42.7 Å². The van der Waals surface area contributed by atoms with Gasteiger partial charge in [0, 0.05) is 28.8 Å². The Balaban J connectivity index is 1.95. The molecule has 0 atom stereocenters. The Morgan fingerprint density at radius 1 is 1.35 bits per heavy atom. The standard InChI is InChI=1S/C16H12BrN3O3/c17-10-3-4-12-11(6-10)14(21)13(16(23)20-12)15(22)19-8-9-2-1-5-18-7-9/h1-7H,8H2,(H,19,22)(H2,20,21,23). The van der Waals surface area contributed by atoms with Crippen molar-refractivity contribution in [3.8, 4) is 5.75 Å². The lowest BCUT2D eigenvalue weighted by Gasteiger charge is -2.08. The minimum Gasteiger partial charge on any atom is -0.506 e. The molecule has 0 aliphatic heterocycles. The van der Waals surface area contributed by atoms with Crippen LogP contribution >= 0.6 is 15.9 Å². The number of nitrogens with one attached hydrogen (secondary N) is 2. The zero-order valence-corrected chi connectivity index (χ0v) is 13.4. The van der Waals surface area contributed by atoms with Gasteiger partial charge in [-0.05, 0) is 29.8 Å². The lowest BCUT2D eigenvalue weighted by atomic mass is 10.1. The van der Waals surface area contributed by atoms with Gasteiger partial charge in [0.1, 0.15) is 11.3 Å². The Labute approximate surface area is 139 Å². The number of hydrogen-bond donors (Lipinski definition) is 3. The van der Waals surface area contributed by atoms with Gasteiger partial charge in [-0.15, -0.1) is 0 Å². The fraction of sp³-hybridized carbons (Fsp3) is 0.0625. The molecule has 2 aromatic heterocycles. The zero-order chi connectivity index (χ0) is 16.4. The number of carbonyl (C=O) groups excluding carboxylic acids is 1. The molecule has 23 heavy (non-hydrogen) atoms. The van der Waals surface area contributed by atoms with Crippen LogP contribution < -0.4 is 10.9 Å². The highest BCUT2D eigenvalue weighted by atomic mass is 79.9. The second-order valence-electron chi connectivity index (χ2n) is 4.91. The molecule has 0 fully saturated rings. The van der Waals surface area contributed by atoms with Crippen LogP contribution in [-0.4, -0.2) is 21.0 Å². The van der Waals surface area contributed by atoms with E-state index >= 15 is 0 Å². The molecule has 0 radical (unpaired) electrons. The molecule has 3 aromatic rings. The summed E-state index contributed by atoms with van der Waals surface area (Å²) in [5, 5.41) is 13.3. The fourth-order valence-corrected chi connectivity index (χ4v) is 2.59. The number of amides is 1. The molecule has 2 heterocycles. The van der Waals surface area contributed by atoms with Crippen molar-refractivity contribution < 1.29 is 9.90 Å². The summed E-state index contributed by atoms with van der Waals surface area (Å²) in [5.74, 6) is -0.983. The first-order chi connectivity index (χ1) is 11.1. The van der Waals surface area contributed by atoms with Gasteiger partial charge in [0.2, 0.25) is 0 Å². The van der Waals surface area contributed by atoms with Crippen LogP contribution in [0.5, 0.6) is 5.75 Å². The van der Waals surface area contributed by atoms with E-state index in [1.165, 1.54) is 0 Å². The Hall–Kier alpha value is -2.67. The molecule has 3 rings (SSSR count). The summed E-state index contributed by atoms with van der Waals surface area (Å²) in [7, 11) is 0. The van der Waals surface area contributed by atoms with Crippen molar-refractivity contribution >= 4 is 32.7 Å². The number of rotatable bonds is 3. The van der Waals surface area contributed by atoms with Crippen molar-refractivity contribution in [3.05, 3.63) is 68.7 Å². The van der Waals surface area contributed by atoms with Crippen molar-refractivity contribution in [2.24, 2.45) is 0 Å². The van der Waals surface area contributed by atoms with Crippen LogP contribution in [0.2, 0.25) is 0 Å². The highest BCUT2D eigenvalue weighted by molar-refractivity contribution is 9.10. The molecule has 7 heteroatoms. The van der Waals surface area contributed by atoms with Gasteiger partial charge < -0.3 is 15.4 Å². The minimum absolute atomic E-state index is 0.210. The van der Waals surface area contributed by atoms with E-state index in [2.05, 4.69) is 31.2 Å². The summed E-state index contributed by atoms with van der Waals surface area (Å²) in [6, 6.07) is 8.57. The molecule has 0 spiro atoms. The van der Waals surface area contributed by atoms with Gasteiger partial charge in [-0.3, -0.25) is 14.6 Å².